The Bertz CT molecular complexity index is 722. The number of amidine groups is 1. The van der Waals surface area contributed by atoms with E-state index in [-0.39, 0.29) is 29.7 Å². The van der Waals surface area contributed by atoms with E-state index in [4.69, 9.17) is 0 Å². The quantitative estimate of drug-likeness (QED) is 0.757. The summed E-state index contributed by atoms with van der Waals surface area (Å²) in [6.45, 7) is 1.67. The molecule has 0 spiro atoms. The first-order chi connectivity index (χ1) is 10.3. The molecule has 8 heteroatoms. The van der Waals surface area contributed by atoms with Gasteiger partial charge in [0.05, 0.1) is 17.9 Å². The Balaban J connectivity index is 1.82. The molecular formula is C14H17N3O4S. The van der Waals surface area contributed by atoms with E-state index in [0.717, 1.165) is 0 Å². The lowest BCUT2D eigenvalue weighted by Gasteiger charge is -2.42. The van der Waals surface area contributed by atoms with Crippen LogP contribution >= 0.6 is 0 Å². The third-order valence-corrected chi connectivity index (χ3v) is 5.93. The highest BCUT2D eigenvalue weighted by Gasteiger charge is 2.46. The number of aliphatic imine (C=N–C) groups is 1. The van der Waals surface area contributed by atoms with Gasteiger partial charge in [-0.2, -0.15) is 4.99 Å². The number of amides is 2. The van der Waals surface area contributed by atoms with Crippen LogP contribution in [0.25, 0.3) is 0 Å². The standard InChI is InChI=1S/C14H17N3O4S/c1-14(13(19)15-10-5-7-22(20,21)9-10)8-12(18)16-11-4-2-3-6-17(11)14/h2-4,6,10H,5,7-9H2,1H3,(H,15,19). The molecule has 0 aromatic carbocycles. The first-order valence-corrected chi connectivity index (χ1v) is 8.89. The van der Waals surface area contributed by atoms with Gasteiger partial charge < -0.3 is 10.2 Å². The van der Waals surface area contributed by atoms with Crippen LogP contribution in [0.3, 0.4) is 0 Å². The molecule has 0 bridgehead atoms. The maximum atomic E-state index is 12.7. The largest absolute Gasteiger partial charge is 0.350 e. The van der Waals surface area contributed by atoms with E-state index >= 15 is 0 Å². The van der Waals surface area contributed by atoms with Gasteiger partial charge in [0.1, 0.15) is 11.4 Å². The summed E-state index contributed by atoms with van der Waals surface area (Å²) < 4.78 is 23.0. The van der Waals surface area contributed by atoms with Crippen LogP contribution in [0.15, 0.2) is 29.4 Å². The van der Waals surface area contributed by atoms with Crippen LogP contribution in [-0.2, 0) is 19.4 Å². The maximum Gasteiger partial charge on any atom is 0.250 e. The van der Waals surface area contributed by atoms with Crippen molar-refractivity contribution >= 4 is 27.5 Å². The molecular weight excluding hydrogens is 306 g/mol. The summed E-state index contributed by atoms with van der Waals surface area (Å²) in [6, 6.07) is -0.393. The number of fused-ring (bicyclic) bond motifs is 1. The lowest BCUT2D eigenvalue weighted by atomic mass is 9.91. The predicted octanol–water partition coefficient (Wildman–Crippen LogP) is -0.237. The van der Waals surface area contributed by atoms with Crippen LogP contribution in [-0.4, -0.2) is 54.1 Å². The number of sulfone groups is 1. The van der Waals surface area contributed by atoms with Crippen molar-refractivity contribution in [2.24, 2.45) is 4.99 Å². The molecule has 118 valence electrons. The molecule has 1 N–H and O–H groups in total. The number of hydrogen-bond acceptors (Lipinski definition) is 5. The molecule has 3 heterocycles. The Morgan fingerprint density at radius 1 is 1.45 bits per heavy atom. The fourth-order valence-electron chi connectivity index (χ4n) is 2.93. The number of nitrogens with zero attached hydrogens (tertiary/aromatic N) is 2. The van der Waals surface area contributed by atoms with E-state index < -0.39 is 21.4 Å². The zero-order valence-electron chi connectivity index (χ0n) is 12.2. The lowest BCUT2D eigenvalue weighted by molar-refractivity contribution is -0.135. The second-order valence-electron chi connectivity index (χ2n) is 5.96. The van der Waals surface area contributed by atoms with Gasteiger partial charge in [0.15, 0.2) is 9.84 Å². The van der Waals surface area contributed by atoms with Crippen LogP contribution in [0, 0.1) is 0 Å². The third kappa shape index (κ3) is 2.58. The summed E-state index contributed by atoms with van der Waals surface area (Å²) in [4.78, 5) is 30.1. The van der Waals surface area contributed by atoms with Gasteiger partial charge in [-0.1, -0.05) is 6.08 Å². The number of rotatable bonds is 2. The summed E-state index contributed by atoms with van der Waals surface area (Å²) in [5.41, 5.74) is -1.10. The highest BCUT2D eigenvalue weighted by Crippen LogP contribution is 2.28. The lowest BCUT2D eigenvalue weighted by Crippen LogP contribution is -2.61. The highest BCUT2D eigenvalue weighted by atomic mass is 32.2. The van der Waals surface area contributed by atoms with E-state index in [9.17, 15) is 18.0 Å². The van der Waals surface area contributed by atoms with Gasteiger partial charge in [0, 0.05) is 12.2 Å². The molecule has 2 amide bonds. The average Bonchev–Trinajstić information content (AvgIpc) is 2.77. The number of carbonyl (C=O) groups excluding carboxylic acids is 2. The van der Waals surface area contributed by atoms with E-state index in [1.807, 2.05) is 0 Å². The molecule has 7 nitrogen and oxygen atoms in total. The molecule has 2 atom stereocenters. The molecule has 1 fully saturated rings. The van der Waals surface area contributed by atoms with Crippen LogP contribution in [0.5, 0.6) is 0 Å². The Labute approximate surface area is 128 Å². The number of hydrogen-bond donors (Lipinski definition) is 1. The molecule has 0 radical (unpaired) electrons. The van der Waals surface area contributed by atoms with Crippen molar-refractivity contribution in [2.75, 3.05) is 11.5 Å². The van der Waals surface area contributed by atoms with Gasteiger partial charge in [0.2, 0.25) is 5.91 Å². The van der Waals surface area contributed by atoms with Crippen molar-refractivity contribution in [1.29, 1.82) is 0 Å². The Morgan fingerprint density at radius 3 is 2.91 bits per heavy atom. The minimum atomic E-state index is -3.07. The van der Waals surface area contributed by atoms with Gasteiger partial charge >= 0.3 is 0 Å². The second kappa shape index (κ2) is 5.05. The van der Waals surface area contributed by atoms with E-state index in [0.29, 0.717) is 12.3 Å². The van der Waals surface area contributed by atoms with Crippen molar-refractivity contribution in [3.8, 4) is 0 Å². The Hall–Kier alpha value is -1.96. The van der Waals surface area contributed by atoms with Crippen LogP contribution in [0.2, 0.25) is 0 Å². The van der Waals surface area contributed by atoms with Gasteiger partial charge in [-0.15, -0.1) is 0 Å². The molecule has 0 aromatic rings. The van der Waals surface area contributed by atoms with Crippen LogP contribution in [0.4, 0.5) is 0 Å². The fourth-order valence-corrected chi connectivity index (χ4v) is 4.60. The summed E-state index contributed by atoms with van der Waals surface area (Å²) in [6.07, 6.45) is 7.25. The zero-order chi connectivity index (χ0) is 16.0. The molecule has 0 saturated carbocycles. The van der Waals surface area contributed by atoms with Crippen molar-refractivity contribution in [3.63, 3.8) is 0 Å². The fraction of sp³-hybridized carbons (Fsp3) is 0.500. The molecule has 0 aliphatic carbocycles. The van der Waals surface area contributed by atoms with Gasteiger partial charge in [-0.3, -0.25) is 9.59 Å². The Morgan fingerprint density at radius 2 is 2.23 bits per heavy atom. The molecule has 0 aromatic heterocycles. The van der Waals surface area contributed by atoms with Crippen molar-refractivity contribution in [3.05, 3.63) is 24.4 Å². The topological polar surface area (TPSA) is 95.9 Å². The number of allylic oxidation sites excluding steroid dienone is 2. The Kier molecular flexibility index (Phi) is 3.43. The van der Waals surface area contributed by atoms with E-state index in [2.05, 4.69) is 10.3 Å². The van der Waals surface area contributed by atoms with Gasteiger partial charge in [-0.05, 0) is 25.5 Å². The van der Waals surface area contributed by atoms with E-state index in [1.54, 1.807) is 36.3 Å². The van der Waals surface area contributed by atoms with E-state index in [1.165, 1.54) is 0 Å². The van der Waals surface area contributed by atoms with Crippen molar-refractivity contribution in [1.82, 2.24) is 10.2 Å². The number of nitrogens with one attached hydrogen (secondary N) is 1. The van der Waals surface area contributed by atoms with Crippen molar-refractivity contribution < 1.29 is 18.0 Å². The predicted molar refractivity (Wildman–Crippen MR) is 80.8 cm³/mol. The van der Waals surface area contributed by atoms with Gasteiger partial charge in [0.25, 0.3) is 5.91 Å². The monoisotopic (exact) mass is 323 g/mol. The molecule has 2 unspecified atom stereocenters. The summed E-state index contributed by atoms with van der Waals surface area (Å²) in [5, 5.41) is 2.77. The molecule has 22 heavy (non-hydrogen) atoms. The minimum absolute atomic E-state index is 0.0417. The summed E-state index contributed by atoms with van der Waals surface area (Å²) in [7, 11) is -3.07. The smallest absolute Gasteiger partial charge is 0.250 e. The first kappa shape index (κ1) is 15.0. The summed E-state index contributed by atoms with van der Waals surface area (Å²) >= 11 is 0. The summed E-state index contributed by atoms with van der Waals surface area (Å²) in [5.74, 6) is -0.236. The molecule has 3 aliphatic heterocycles. The molecule has 3 aliphatic rings. The molecule has 3 rings (SSSR count). The SMILES string of the molecule is CC1(C(=O)NC2CCS(=O)(=O)C2)CC(=O)N=C2C=CC=CN21. The van der Waals surface area contributed by atoms with Crippen LogP contribution in [0.1, 0.15) is 19.8 Å². The maximum absolute atomic E-state index is 12.7. The number of carbonyl (C=O) groups is 2. The first-order valence-electron chi connectivity index (χ1n) is 7.07. The minimum Gasteiger partial charge on any atom is -0.350 e. The second-order valence-corrected chi connectivity index (χ2v) is 8.19. The zero-order valence-corrected chi connectivity index (χ0v) is 13.0. The normalized spacial score (nSPS) is 32.6. The highest BCUT2D eigenvalue weighted by molar-refractivity contribution is 7.91. The average molecular weight is 323 g/mol. The van der Waals surface area contributed by atoms with Gasteiger partial charge in [-0.25, -0.2) is 8.42 Å². The van der Waals surface area contributed by atoms with Crippen molar-refractivity contribution in [2.45, 2.75) is 31.3 Å². The van der Waals surface area contributed by atoms with Crippen LogP contribution < -0.4 is 5.32 Å². The molecule has 1 saturated heterocycles. The third-order valence-electron chi connectivity index (χ3n) is 4.16.